The van der Waals surface area contributed by atoms with Crippen LogP contribution in [0.3, 0.4) is 0 Å². The predicted molar refractivity (Wildman–Crippen MR) is 93.4 cm³/mol. The lowest BCUT2D eigenvalue weighted by atomic mass is 10.2. The highest BCUT2D eigenvalue weighted by Gasteiger charge is 2.13. The van der Waals surface area contributed by atoms with E-state index >= 15 is 0 Å². The van der Waals surface area contributed by atoms with E-state index < -0.39 is 14.9 Å². The molecule has 136 valence electrons. The lowest BCUT2D eigenvalue weighted by molar-refractivity contribution is -0.384. The number of carbonyl (C=O) groups excluding carboxylic acids is 1. The molecule has 0 bridgehead atoms. The summed E-state index contributed by atoms with van der Waals surface area (Å²) >= 11 is 0. The van der Waals surface area contributed by atoms with Crippen LogP contribution in [0.2, 0.25) is 0 Å². The smallest absolute Gasteiger partial charge is 0.276 e. The Morgan fingerprint density at radius 2 is 1.88 bits per heavy atom. The Morgan fingerprint density at radius 1 is 1.23 bits per heavy atom. The van der Waals surface area contributed by atoms with Crippen LogP contribution in [-0.4, -0.2) is 30.6 Å². The number of nitrogens with zero attached hydrogens (tertiary/aromatic N) is 2. The summed E-state index contributed by atoms with van der Waals surface area (Å²) in [6, 6.07) is 8.62. The Labute approximate surface area is 148 Å². The summed E-state index contributed by atoms with van der Waals surface area (Å²) in [4.78, 5) is 22.8. The first-order chi connectivity index (χ1) is 12.2. The molecule has 0 radical (unpaired) electrons. The van der Waals surface area contributed by atoms with Gasteiger partial charge in [0, 0.05) is 30.3 Å². The number of hydrogen-bond donors (Lipinski definition) is 3. The minimum absolute atomic E-state index is 0.0251. The number of amides is 1. The first-order valence-corrected chi connectivity index (χ1v) is 8.57. The van der Waals surface area contributed by atoms with Crippen molar-refractivity contribution < 1.29 is 23.2 Å². The van der Waals surface area contributed by atoms with Crippen molar-refractivity contribution in [2.45, 2.75) is 11.8 Å². The molecule has 0 saturated heterocycles. The SMILES string of the molecule is CC(=O)Nc1ccc(S(=O)(=O)N/N=C/c2cc([N+](=O)[O-])ccc2O)cc1. The van der Waals surface area contributed by atoms with E-state index in [4.69, 9.17) is 0 Å². The van der Waals surface area contributed by atoms with Gasteiger partial charge in [-0.15, -0.1) is 0 Å². The van der Waals surface area contributed by atoms with Gasteiger partial charge in [0.05, 0.1) is 16.0 Å². The first-order valence-electron chi connectivity index (χ1n) is 7.09. The molecule has 0 atom stereocenters. The van der Waals surface area contributed by atoms with Gasteiger partial charge in [-0.2, -0.15) is 13.5 Å². The average Bonchev–Trinajstić information content (AvgIpc) is 2.56. The molecule has 2 aromatic rings. The highest BCUT2D eigenvalue weighted by atomic mass is 32.2. The second-order valence-electron chi connectivity index (χ2n) is 5.06. The highest BCUT2D eigenvalue weighted by Crippen LogP contribution is 2.21. The van der Waals surface area contributed by atoms with Crippen LogP contribution in [0.15, 0.2) is 52.5 Å². The number of nitrogens with one attached hydrogen (secondary N) is 2. The molecule has 0 unspecified atom stereocenters. The maximum atomic E-state index is 12.1. The van der Waals surface area contributed by atoms with Gasteiger partial charge in [0.25, 0.3) is 15.7 Å². The summed E-state index contributed by atoms with van der Waals surface area (Å²) in [6.45, 7) is 1.32. The standard InChI is InChI=1S/C15H14N4O6S/c1-10(20)17-12-2-5-14(6-3-12)26(24,25)18-16-9-11-8-13(19(22)23)4-7-15(11)21/h2-9,18,21H,1H3,(H,17,20)/b16-9+. The van der Waals surface area contributed by atoms with E-state index in [2.05, 4.69) is 10.4 Å². The van der Waals surface area contributed by atoms with Crippen LogP contribution in [0.5, 0.6) is 5.75 Å². The first kappa shape index (κ1) is 18.9. The molecule has 2 aromatic carbocycles. The quantitative estimate of drug-likeness (QED) is 0.394. The zero-order valence-electron chi connectivity index (χ0n) is 13.4. The number of hydrazone groups is 1. The molecule has 3 N–H and O–H groups in total. The number of rotatable bonds is 6. The van der Waals surface area contributed by atoms with Gasteiger partial charge in [-0.25, -0.2) is 4.83 Å². The summed E-state index contributed by atoms with van der Waals surface area (Å²) in [5.41, 5.74) is 0.130. The molecular formula is C15H14N4O6S. The molecule has 0 saturated carbocycles. The number of benzene rings is 2. The second kappa shape index (κ2) is 7.61. The zero-order valence-corrected chi connectivity index (χ0v) is 14.2. The van der Waals surface area contributed by atoms with Crippen molar-refractivity contribution >= 4 is 33.5 Å². The number of aromatic hydroxyl groups is 1. The van der Waals surface area contributed by atoms with Crippen molar-refractivity contribution in [3.63, 3.8) is 0 Å². The van der Waals surface area contributed by atoms with E-state index in [1.165, 1.54) is 31.2 Å². The monoisotopic (exact) mass is 378 g/mol. The van der Waals surface area contributed by atoms with Crippen molar-refractivity contribution in [1.82, 2.24) is 4.83 Å². The van der Waals surface area contributed by atoms with Gasteiger partial charge in [-0.1, -0.05) is 0 Å². The highest BCUT2D eigenvalue weighted by molar-refractivity contribution is 7.89. The van der Waals surface area contributed by atoms with Crippen LogP contribution in [-0.2, 0) is 14.8 Å². The minimum Gasteiger partial charge on any atom is -0.507 e. The van der Waals surface area contributed by atoms with Gasteiger partial charge in [0.15, 0.2) is 0 Å². The Hall–Kier alpha value is -3.47. The summed E-state index contributed by atoms with van der Waals surface area (Å²) in [5, 5.41) is 26.4. The molecule has 26 heavy (non-hydrogen) atoms. The van der Waals surface area contributed by atoms with Crippen LogP contribution >= 0.6 is 0 Å². The van der Waals surface area contributed by atoms with Crippen molar-refractivity contribution in [1.29, 1.82) is 0 Å². The molecule has 0 heterocycles. The third kappa shape index (κ3) is 4.77. The maximum absolute atomic E-state index is 12.1. The number of hydrogen-bond acceptors (Lipinski definition) is 7. The van der Waals surface area contributed by atoms with E-state index in [1.807, 2.05) is 4.83 Å². The molecule has 1 amide bonds. The van der Waals surface area contributed by atoms with Gasteiger partial charge in [0.2, 0.25) is 5.91 Å². The number of sulfonamides is 1. The van der Waals surface area contributed by atoms with Gasteiger partial charge in [-0.3, -0.25) is 14.9 Å². The summed E-state index contributed by atoms with van der Waals surface area (Å²) in [6.07, 6.45) is 0.950. The molecular weight excluding hydrogens is 364 g/mol. The predicted octanol–water partition coefficient (Wildman–Crippen LogP) is 1.57. The Kier molecular flexibility index (Phi) is 5.52. The van der Waals surface area contributed by atoms with Crippen LogP contribution in [0.4, 0.5) is 11.4 Å². The van der Waals surface area contributed by atoms with Crippen LogP contribution < -0.4 is 10.1 Å². The number of nitro groups is 1. The molecule has 0 aromatic heterocycles. The van der Waals surface area contributed by atoms with E-state index in [-0.39, 0.29) is 27.8 Å². The largest absolute Gasteiger partial charge is 0.507 e. The van der Waals surface area contributed by atoms with Crippen molar-refractivity contribution in [2.75, 3.05) is 5.32 Å². The third-order valence-electron chi connectivity index (χ3n) is 3.08. The number of non-ortho nitro benzene ring substituents is 1. The fraction of sp³-hybridized carbons (Fsp3) is 0.0667. The summed E-state index contributed by atoms with van der Waals surface area (Å²) < 4.78 is 24.3. The van der Waals surface area contributed by atoms with Gasteiger partial charge in [0.1, 0.15) is 5.75 Å². The topological polar surface area (TPSA) is 151 Å². The number of anilines is 1. The molecule has 10 nitrogen and oxygen atoms in total. The van der Waals surface area contributed by atoms with Crippen LogP contribution in [0.1, 0.15) is 12.5 Å². The van der Waals surface area contributed by atoms with Gasteiger partial charge < -0.3 is 10.4 Å². The van der Waals surface area contributed by atoms with E-state index in [0.29, 0.717) is 5.69 Å². The lowest BCUT2D eigenvalue weighted by Crippen LogP contribution is -2.18. The Morgan fingerprint density at radius 3 is 2.46 bits per heavy atom. The second-order valence-corrected chi connectivity index (χ2v) is 6.72. The molecule has 11 heteroatoms. The normalized spacial score (nSPS) is 11.3. The lowest BCUT2D eigenvalue weighted by Gasteiger charge is -2.05. The van der Waals surface area contributed by atoms with E-state index in [1.54, 1.807) is 0 Å². The third-order valence-corrected chi connectivity index (χ3v) is 4.32. The van der Waals surface area contributed by atoms with Crippen LogP contribution in [0, 0.1) is 10.1 Å². The van der Waals surface area contributed by atoms with Crippen LogP contribution in [0.25, 0.3) is 0 Å². The summed E-state index contributed by atoms with van der Waals surface area (Å²) in [7, 11) is -3.99. The Bertz CT molecular complexity index is 970. The van der Waals surface area contributed by atoms with Gasteiger partial charge in [-0.05, 0) is 30.3 Å². The summed E-state index contributed by atoms with van der Waals surface area (Å²) in [5.74, 6) is -0.585. The van der Waals surface area contributed by atoms with E-state index in [9.17, 15) is 28.4 Å². The molecule has 0 fully saturated rings. The maximum Gasteiger partial charge on any atom is 0.276 e. The molecule has 0 aliphatic heterocycles. The number of phenolic OH excluding ortho intramolecular Hbond substituents is 1. The zero-order chi connectivity index (χ0) is 19.3. The number of nitro benzene ring substituents is 1. The molecule has 2 rings (SSSR count). The van der Waals surface area contributed by atoms with Crippen molar-refractivity contribution in [3.05, 3.63) is 58.1 Å². The number of carbonyl (C=O) groups is 1. The molecule has 0 aliphatic rings. The van der Waals surface area contributed by atoms with Gasteiger partial charge >= 0.3 is 0 Å². The fourth-order valence-corrected chi connectivity index (χ4v) is 2.69. The fourth-order valence-electron chi connectivity index (χ4n) is 1.90. The molecule has 0 spiro atoms. The average molecular weight is 378 g/mol. The number of phenols is 1. The minimum atomic E-state index is -3.99. The van der Waals surface area contributed by atoms with E-state index in [0.717, 1.165) is 24.4 Å². The van der Waals surface area contributed by atoms with Crippen molar-refractivity contribution in [2.24, 2.45) is 5.10 Å². The van der Waals surface area contributed by atoms with Crippen molar-refractivity contribution in [3.8, 4) is 5.75 Å². The Balaban J connectivity index is 2.15. The molecule has 0 aliphatic carbocycles.